The van der Waals surface area contributed by atoms with Crippen molar-refractivity contribution < 1.29 is 32.3 Å². The fraction of sp³-hybridized carbons (Fsp3) is 0.423. The molecule has 2 aliphatic rings. The number of rotatable bonds is 5. The molecule has 0 aliphatic carbocycles. The van der Waals surface area contributed by atoms with Gasteiger partial charge in [-0.15, -0.1) is 0 Å². The molecule has 0 radical (unpaired) electrons. The summed E-state index contributed by atoms with van der Waals surface area (Å²) in [5.41, 5.74) is 1.35. The number of benzene rings is 2. The number of ether oxygens (including phenoxy) is 1. The largest absolute Gasteiger partial charge is 0.435 e. The Bertz CT molecular complexity index is 1210. The van der Waals surface area contributed by atoms with E-state index in [2.05, 4.69) is 14.9 Å². The van der Waals surface area contributed by atoms with E-state index in [4.69, 9.17) is 4.52 Å². The Morgan fingerprint density at radius 1 is 1.05 bits per heavy atom. The standard InChI is InChI=1S/C26H27F3N4O4/c27-20-3-1-2-17(13-20)23-30-24(37-31-23)19-12-18(16-4-6-22(7-5-16)36-25(28)29)14-33(15-19)26(35)32-10-8-21(34)9-11-32/h1-7,13,18-19,21,25,34H,8-12,14-15H2. The number of hydrogen-bond donors (Lipinski definition) is 1. The number of carbonyl (C=O) groups is 1. The van der Waals surface area contributed by atoms with E-state index < -0.39 is 18.5 Å². The third kappa shape index (κ3) is 5.87. The molecule has 0 spiro atoms. The minimum atomic E-state index is -2.91. The van der Waals surface area contributed by atoms with Crippen LogP contribution in [-0.2, 0) is 0 Å². The molecule has 8 nitrogen and oxygen atoms in total. The molecule has 2 fully saturated rings. The highest BCUT2D eigenvalue weighted by Crippen LogP contribution is 2.37. The number of amides is 2. The minimum Gasteiger partial charge on any atom is -0.435 e. The van der Waals surface area contributed by atoms with Crippen LogP contribution < -0.4 is 4.74 Å². The highest BCUT2D eigenvalue weighted by atomic mass is 19.3. The lowest BCUT2D eigenvalue weighted by Gasteiger charge is -2.40. The summed E-state index contributed by atoms with van der Waals surface area (Å²) in [6.45, 7) is -1.20. The lowest BCUT2D eigenvalue weighted by molar-refractivity contribution is -0.0498. The van der Waals surface area contributed by atoms with Gasteiger partial charge in [0.05, 0.1) is 12.0 Å². The second kappa shape index (κ2) is 10.8. The van der Waals surface area contributed by atoms with Crippen LogP contribution >= 0.6 is 0 Å². The molecule has 3 aromatic rings. The summed E-state index contributed by atoms with van der Waals surface area (Å²) < 4.78 is 48.9. The molecule has 2 amide bonds. The minimum absolute atomic E-state index is 0.0579. The molecular weight excluding hydrogens is 489 g/mol. The van der Waals surface area contributed by atoms with E-state index in [1.54, 1.807) is 34.1 Å². The van der Waals surface area contributed by atoms with Gasteiger partial charge in [-0.2, -0.15) is 13.8 Å². The first-order chi connectivity index (χ1) is 17.9. The molecule has 1 aromatic heterocycles. The van der Waals surface area contributed by atoms with Crippen molar-refractivity contribution in [3.8, 4) is 17.1 Å². The van der Waals surface area contributed by atoms with Crippen molar-refractivity contribution in [1.29, 1.82) is 0 Å². The molecule has 1 N–H and O–H groups in total. The molecule has 2 aliphatic heterocycles. The summed E-state index contributed by atoms with van der Waals surface area (Å²) in [5.74, 6) is -0.165. The number of likely N-dealkylation sites (tertiary alicyclic amines) is 2. The molecule has 196 valence electrons. The first-order valence-electron chi connectivity index (χ1n) is 12.2. The van der Waals surface area contributed by atoms with Crippen LogP contribution in [0.25, 0.3) is 11.4 Å². The first kappa shape index (κ1) is 25.1. The van der Waals surface area contributed by atoms with Gasteiger partial charge in [-0.1, -0.05) is 29.4 Å². The van der Waals surface area contributed by atoms with Gasteiger partial charge in [-0.3, -0.25) is 0 Å². The van der Waals surface area contributed by atoms with Crippen molar-refractivity contribution in [2.45, 2.75) is 43.8 Å². The highest BCUT2D eigenvalue weighted by molar-refractivity contribution is 5.75. The fourth-order valence-corrected chi connectivity index (χ4v) is 5.00. The van der Waals surface area contributed by atoms with Crippen molar-refractivity contribution in [3.63, 3.8) is 0 Å². The number of nitrogens with zero attached hydrogens (tertiary/aromatic N) is 4. The molecule has 2 atom stereocenters. The number of piperidine rings is 2. The number of aromatic nitrogens is 2. The van der Waals surface area contributed by atoms with E-state index in [1.165, 1.54) is 24.3 Å². The number of urea groups is 1. The smallest absolute Gasteiger partial charge is 0.387 e. The van der Waals surface area contributed by atoms with Crippen LogP contribution in [-0.4, -0.2) is 70.0 Å². The molecule has 2 saturated heterocycles. The molecule has 11 heteroatoms. The average Bonchev–Trinajstić information content (AvgIpc) is 3.39. The van der Waals surface area contributed by atoms with E-state index in [0.29, 0.717) is 56.9 Å². The maximum absolute atomic E-state index is 13.7. The molecule has 3 heterocycles. The van der Waals surface area contributed by atoms with E-state index >= 15 is 0 Å². The highest BCUT2D eigenvalue weighted by Gasteiger charge is 2.37. The first-order valence-corrected chi connectivity index (χ1v) is 12.2. The Balaban J connectivity index is 1.39. The topological polar surface area (TPSA) is 91.9 Å². The monoisotopic (exact) mass is 516 g/mol. The number of aliphatic hydroxyl groups is 1. The molecule has 0 bridgehead atoms. The van der Waals surface area contributed by atoms with Gasteiger partial charge in [0.15, 0.2) is 0 Å². The summed E-state index contributed by atoms with van der Waals surface area (Å²) in [4.78, 5) is 21.4. The van der Waals surface area contributed by atoms with Gasteiger partial charge < -0.3 is 24.2 Å². The van der Waals surface area contributed by atoms with Gasteiger partial charge in [0.25, 0.3) is 0 Å². The van der Waals surface area contributed by atoms with Gasteiger partial charge in [0, 0.05) is 37.7 Å². The van der Waals surface area contributed by atoms with Crippen LogP contribution in [0, 0.1) is 5.82 Å². The number of alkyl halides is 2. The summed E-state index contributed by atoms with van der Waals surface area (Å²) in [6, 6.07) is 12.2. The fourth-order valence-electron chi connectivity index (χ4n) is 5.00. The number of aliphatic hydroxyl groups excluding tert-OH is 1. The van der Waals surface area contributed by atoms with E-state index in [9.17, 15) is 23.1 Å². The maximum Gasteiger partial charge on any atom is 0.387 e. The van der Waals surface area contributed by atoms with E-state index in [-0.39, 0.29) is 29.4 Å². The van der Waals surface area contributed by atoms with Crippen molar-refractivity contribution in [1.82, 2.24) is 19.9 Å². The van der Waals surface area contributed by atoms with Crippen molar-refractivity contribution in [2.75, 3.05) is 26.2 Å². The second-order valence-corrected chi connectivity index (χ2v) is 9.45. The lowest BCUT2D eigenvalue weighted by atomic mass is 9.84. The van der Waals surface area contributed by atoms with E-state index in [0.717, 1.165) is 5.56 Å². The molecule has 5 rings (SSSR count). The SMILES string of the molecule is O=C(N1CCC(O)CC1)N1CC(c2ccc(OC(F)F)cc2)CC(c2nc(-c3cccc(F)c3)no2)C1. The third-order valence-corrected chi connectivity index (χ3v) is 6.91. The zero-order valence-electron chi connectivity index (χ0n) is 20.0. The van der Waals surface area contributed by atoms with Crippen LogP contribution in [0.3, 0.4) is 0 Å². The van der Waals surface area contributed by atoms with Gasteiger partial charge in [-0.05, 0) is 49.1 Å². The molecular formula is C26H27F3N4O4. The Labute approximate surface area is 211 Å². The quantitative estimate of drug-likeness (QED) is 0.532. The van der Waals surface area contributed by atoms with Crippen molar-refractivity contribution in [3.05, 3.63) is 65.8 Å². The van der Waals surface area contributed by atoms with Crippen LogP contribution in [0.15, 0.2) is 53.1 Å². The van der Waals surface area contributed by atoms with Gasteiger partial charge in [0.1, 0.15) is 11.6 Å². The Morgan fingerprint density at radius 3 is 2.49 bits per heavy atom. The van der Waals surface area contributed by atoms with Crippen LogP contribution in [0.2, 0.25) is 0 Å². The summed E-state index contributed by atoms with van der Waals surface area (Å²) in [7, 11) is 0. The number of halogens is 3. The molecule has 37 heavy (non-hydrogen) atoms. The predicted octanol–water partition coefficient (Wildman–Crippen LogP) is 4.63. The third-order valence-electron chi connectivity index (χ3n) is 6.91. The van der Waals surface area contributed by atoms with Crippen molar-refractivity contribution in [2.24, 2.45) is 0 Å². The number of hydrogen-bond acceptors (Lipinski definition) is 6. The molecule has 0 saturated carbocycles. The van der Waals surface area contributed by atoms with E-state index in [1.807, 2.05) is 0 Å². The maximum atomic E-state index is 13.7. The Morgan fingerprint density at radius 2 is 1.78 bits per heavy atom. The predicted molar refractivity (Wildman–Crippen MR) is 127 cm³/mol. The molecule has 2 aromatic carbocycles. The zero-order chi connectivity index (χ0) is 25.9. The Kier molecular flexibility index (Phi) is 7.31. The summed E-state index contributed by atoms with van der Waals surface area (Å²) >= 11 is 0. The van der Waals surface area contributed by atoms with Crippen LogP contribution in [0.5, 0.6) is 5.75 Å². The lowest BCUT2D eigenvalue weighted by Crippen LogP contribution is -2.51. The van der Waals surface area contributed by atoms with Crippen LogP contribution in [0.4, 0.5) is 18.0 Å². The second-order valence-electron chi connectivity index (χ2n) is 9.45. The van der Waals surface area contributed by atoms with Gasteiger partial charge >= 0.3 is 12.6 Å². The summed E-state index contributed by atoms with van der Waals surface area (Å²) in [5, 5.41) is 13.9. The average molecular weight is 517 g/mol. The van der Waals surface area contributed by atoms with Crippen LogP contribution in [0.1, 0.15) is 42.6 Å². The zero-order valence-corrected chi connectivity index (χ0v) is 20.0. The summed E-state index contributed by atoms with van der Waals surface area (Å²) in [6.07, 6.45) is 1.24. The normalized spacial score (nSPS) is 20.9. The van der Waals surface area contributed by atoms with Crippen molar-refractivity contribution >= 4 is 6.03 Å². The van der Waals surface area contributed by atoms with Gasteiger partial charge in [-0.25, -0.2) is 9.18 Å². The number of carbonyl (C=O) groups excluding carboxylic acids is 1. The molecule has 2 unspecified atom stereocenters. The Hall–Kier alpha value is -3.60. The van der Waals surface area contributed by atoms with Gasteiger partial charge in [0.2, 0.25) is 11.7 Å².